The molecule has 0 aromatic heterocycles. The average molecular weight is 249 g/mol. The maximum atomic E-state index is 12.1. The molecule has 1 atom stereocenters. The summed E-state index contributed by atoms with van der Waals surface area (Å²) in [4.78, 5) is 0. The van der Waals surface area contributed by atoms with E-state index in [1.807, 2.05) is 0 Å². The molecule has 0 spiro atoms. The molecule has 1 aromatic rings. The van der Waals surface area contributed by atoms with E-state index in [1.54, 1.807) is 25.1 Å². The molecule has 0 radical (unpaired) electrons. The molecule has 5 nitrogen and oxygen atoms in total. The van der Waals surface area contributed by atoms with Crippen LogP contribution in [0.1, 0.15) is 6.92 Å². The molecule has 15 heavy (non-hydrogen) atoms. The zero-order valence-corrected chi connectivity index (χ0v) is 9.87. The lowest BCUT2D eigenvalue weighted by atomic mass is 10.4. The normalized spacial score (nSPS) is 15.9. The lowest BCUT2D eigenvalue weighted by Crippen LogP contribution is -2.21. The van der Waals surface area contributed by atoms with Gasteiger partial charge in [0.05, 0.1) is 11.9 Å². The van der Waals surface area contributed by atoms with Crippen molar-refractivity contribution in [2.45, 2.75) is 6.92 Å². The topological polar surface area (TPSA) is 86.5 Å². The molecule has 0 amide bonds. The summed E-state index contributed by atoms with van der Waals surface area (Å²) in [5.74, 6) is 0. The van der Waals surface area contributed by atoms with Gasteiger partial charge in [-0.1, -0.05) is 18.2 Å². The highest BCUT2D eigenvalue weighted by atomic mass is 32.8. The third-order valence-corrected chi connectivity index (χ3v) is 6.86. The molecule has 0 heterocycles. The van der Waals surface area contributed by atoms with Crippen LogP contribution in [0.3, 0.4) is 0 Å². The SMILES string of the molecule is CCOP(=O)(c1ccccc1)S(N)(=O)=O. The van der Waals surface area contributed by atoms with E-state index >= 15 is 0 Å². The molecule has 1 unspecified atom stereocenters. The lowest BCUT2D eigenvalue weighted by molar-refractivity contribution is 0.350. The second kappa shape index (κ2) is 4.45. The quantitative estimate of drug-likeness (QED) is 0.801. The van der Waals surface area contributed by atoms with Gasteiger partial charge in [-0.3, -0.25) is 4.57 Å². The average Bonchev–Trinajstić information content (AvgIpc) is 2.18. The fraction of sp³-hybridized carbons (Fsp3) is 0.250. The van der Waals surface area contributed by atoms with Crippen molar-refractivity contribution in [1.82, 2.24) is 0 Å². The van der Waals surface area contributed by atoms with Gasteiger partial charge in [-0.25, -0.2) is 13.6 Å². The largest absolute Gasteiger partial charge is 0.357 e. The first-order valence-corrected chi connectivity index (χ1v) is 8.02. The number of rotatable bonds is 4. The first-order valence-electron chi connectivity index (χ1n) is 4.25. The van der Waals surface area contributed by atoms with Crippen molar-refractivity contribution in [2.24, 2.45) is 5.14 Å². The highest BCUT2D eigenvalue weighted by Gasteiger charge is 2.38. The van der Waals surface area contributed by atoms with Gasteiger partial charge < -0.3 is 4.52 Å². The van der Waals surface area contributed by atoms with Crippen molar-refractivity contribution in [1.29, 1.82) is 0 Å². The monoisotopic (exact) mass is 249 g/mol. The van der Waals surface area contributed by atoms with E-state index in [2.05, 4.69) is 0 Å². The van der Waals surface area contributed by atoms with Crippen LogP contribution in [0, 0.1) is 0 Å². The molecular weight excluding hydrogens is 237 g/mol. The van der Waals surface area contributed by atoms with Crippen molar-refractivity contribution in [3.8, 4) is 0 Å². The minimum Gasteiger partial charge on any atom is -0.314 e. The summed E-state index contributed by atoms with van der Waals surface area (Å²) in [5.41, 5.74) is 0. The Labute approximate surface area is 88.5 Å². The third kappa shape index (κ3) is 2.46. The molecule has 2 N–H and O–H groups in total. The van der Waals surface area contributed by atoms with Crippen molar-refractivity contribution < 1.29 is 17.5 Å². The zero-order chi connectivity index (χ0) is 11.5. The Morgan fingerprint density at radius 3 is 2.27 bits per heavy atom. The van der Waals surface area contributed by atoms with Crippen LogP contribution in [0.5, 0.6) is 0 Å². The predicted molar refractivity (Wildman–Crippen MR) is 58.4 cm³/mol. The molecule has 84 valence electrons. The highest BCUT2D eigenvalue weighted by Crippen LogP contribution is 2.49. The van der Waals surface area contributed by atoms with Gasteiger partial charge >= 0.3 is 6.57 Å². The molecular formula is C8H12NO4PS. The number of hydrogen-bond donors (Lipinski definition) is 1. The van der Waals surface area contributed by atoms with E-state index in [0.29, 0.717) is 0 Å². The first kappa shape index (κ1) is 12.4. The standard InChI is InChI=1S/C8H12NO4PS/c1-2-13-14(10,15(9,11)12)8-6-4-3-5-7-8/h3-7H,2H2,1H3,(H2,9,11,12). The van der Waals surface area contributed by atoms with Gasteiger partial charge in [0, 0.05) is 0 Å². The van der Waals surface area contributed by atoms with Crippen LogP contribution in [-0.2, 0) is 18.7 Å². The Hall–Kier alpha value is -0.680. The molecule has 7 heteroatoms. The molecule has 0 bridgehead atoms. The van der Waals surface area contributed by atoms with Gasteiger partial charge in [-0.2, -0.15) is 0 Å². The second-order valence-corrected chi connectivity index (χ2v) is 8.53. The van der Waals surface area contributed by atoms with E-state index in [4.69, 9.17) is 9.66 Å². The first-order chi connectivity index (χ1) is 6.92. The van der Waals surface area contributed by atoms with Crippen LogP contribution < -0.4 is 10.4 Å². The Kier molecular flexibility index (Phi) is 3.67. The summed E-state index contributed by atoms with van der Waals surface area (Å²) in [6.45, 7) is -2.43. The molecule has 0 aliphatic heterocycles. The van der Waals surface area contributed by atoms with Gasteiger partial charge in [0.2, 0.25) is 0 Å². The maximum Gasteiger partial charge on any atom is 0.357 e. The van der Waals surface area contributed by atoms with Crippen LogP contribution in [-0.4, -0.2) is 15.0 Å². The van der Waals surface area contributed by atoms with Crippen LogP contribution in [0.4, 0.5) is 0 Å². The lowest BCUT2D eigenvalue weighted by Gasteiger charge is -2.14. The maximum absolute atomic E-state index is 12.1. The highest BCUT2D eigenvalue weighted by molar-refractivity contribution is 8.52. The second-order valence-electron chi connectivity index (χ2n) is 2.77. The summed E-state index contributed by atoms with van der Waals surface area (Å²) in [6, 6.07) is 7.67. The van der Waals surface area contributed by atoms with Crippen molar-refractivity contribution in [2.75, 3.05) is 6.61 Å². The third-order valence-electron chi connectivity index (χ3n) is 1.71. The molecule has 0 aliphatic rings. The molecule has 0 aliphatic carbocycles. The molecule has 0 saturated heterocycles. The van der Waals surface area contributed by atoms with E-state index in [1.165, 1.54) is 12.1 Å². The number of nitrogens with two attached hydrogens (primary N) is 1. The van der Waals surface area contributed by atoms with Crippen LogP contribution >= 0.6 is 6.57 Å². The van der Waals surface area contributed by atoms with E-state index in [-0.39, 0.29) is 11.9 Å². The Balaban J connectivity index is 3.33. The van der Waals surface area contributed by atoms with Gasteiger partial charge in [0.1, 0.15) is 0 Å². The minimum absolute atomic E-state index is 0.0165. The number of hydrogen-bond acceptors (Lipinski definition) is 4. The van der Waals surface area contributed by atoms with E-state index in [0.717, 1.165) is 0 Å². The van der Waals surface area contributed by atoms with Crippen molar-refractivity contribution in [3.63, 3.8) is 0 Å². The van der Waals surface area contributed by atoms with Gasteiger partial charge in [0.25, 0.3) is 9.64 Å². The summed E-state index contributed by atoms with van der Waals surface area (Å²) in [6.07, 6.45) is 0. The van der Waals surface area contributed by atoms with Gasteiger partial charge in [0.15, 0.2) is 0 Å². The van der Waals surface area contributed by atoms with Crippen LogP contribution in [0.2, 0.25) is 0 Å². The Bertz CT molecular complexity index is 471. The summed E-state index contributed by atoms with van der Waals surface area (Å²) < 4.78 is 39.4. The summed E-state index contributed by atoms with van der Waals surface area (Å²) in [5, 5.41) is 5.01. The predicted octanol–water partition coefficient (Wildman–Crippen LogP) is 0.830. The van der Waals surface area contributed by atoms with Crippen molar-refractivity contribution >= 4 is 21.5 Å². The Morgan fingerprint density at radius 1 is 1.33 bits per heavy atom. The zero-order valence-electron chi connectivity index (χ0n) is 8.16. The van der Waals surface area contributed by atoms with Crippen LogP contribution in [0.15, 0.2) is 30.3 Å². The molecule has 1 rings (SSSR count). The van der Waals surface area contributed by atoms with Gasteiger partial charge in [-0.15, -0.1) is 0 Å². The van der Waals surface area contributed by atoms with E-state index < -0.39 is 16.2 Å². The smallest absolute Gasteiger partial charge is 0.314 e. The van der Waals surface area contributed by atoms with Crippen LogP contribution in [0.25, 0.3) is 0 Å². The fourth-order valence-electron chi connectivity index (χ4n) is 1.08. The molecule has 0 fully saturated rings. The van der Waals surface area contributed by atoms with Crippen molar-refractivity contribution in [3.05, 3.63) is 30.3 Å². The Morgan fingerprint density at radius 2 is 1.87 bits per heavy atom. The number of benzene rings is 1. The minimum atomic E-state index is -4.25. The van der Waals surface area contributed by atoms with E-state index in [9.17, 15) is 13.0 Å². The summed E-state index contributed by atoms with van der Waals surface area (Å²) >= 11 is 0. The summed E-state index contributed by atoms with van der Waals surface area (Å²) in [7, 11) is -4.25. The van der Waals surface area contributed by atoms with Gasteiger partial charge in [-0.05, 0) is 19.1 Å². The molecule has 1 aromatic carbocycles. The molecule has 0 saturated carbocycles. The fourth-order valence-corrected chi connectivity index (χ4v) is 4.55.